The minimum Gasteiger partial charge on any atom is -0.467 e. The van der Waals surface area contributed by atoms with E-state index in [1.54, 1.807) is 0 Å². The summed E-state index contributed by atoms with van der Waals surface area (Å²) in [5, 5.41) is 9.53. The van der Waals surface area contributed by atoms with Gasteiger partial charge in [-0.05, 0) is 52.4 Å². The first-order chi connectivity index (χ1) is 9.78. The molecule has 3 nitrogen and oxygen atoms in total. The second-order valence-corrected chi connectivity index (χ2v) is 5.89. The second-order valence-electron chi connectivity index (χ2n) is 4.64. The molecule has 0 fully saturated rings. The van der Waals surface area contributed by atoms with Crippen molar-refractivity contribution in [1.29, 1.82) is 0 Å². The Labute approximate surface area is 131 Å². The number of rotatable bonds is 3. The lowest BCUT2D eigenvalue weighted by Gasteiger charge is -2.16. The Bertz CT molecular complexity index is 610. The van der Waals surface area contributed by atoms with Gasteiger partial charge >= 0.3 is 0 Å². The number of ether oxygens (including phenoxy) is 1. The molecule has 4 heteroatoms. The molecule has 2 atom stereocenters. The van der Waals surface area contributed by atoms with Gasteiger partial charge in [0.2, 0.25) is 5.90 Å². The lowest BCUT2D eigenvalue weighted by molar-refractivity contribution is 0.152. The van der Waals surface area contributed by atoms with Crippen molar-refractivity contribution >= 4 is 28.5 Å². The van der Waals surface area contributed by atoms with Gasteiger partial charge in [-0.25, -0.2) is 4.99 Å². The summed E-state index contributed by atoms with van der Waals surface area (Å²) in [6.45, 7) is -0.0208. The molecule has 0 aliphatic carbocycles. The van der Waals surface area contributed by atoms with Crippen LogP contribution in [0.5, 0.6) is 0 Å². The summed E-state index contributed by atoms with van der Waals surface area (Å²) >= 11 is 2.27. The van der Waals surface area contributed by atoms with Crippen LogP contribution < -0.4 is 0 Å². The van der Waals surface area contributed by atoms with Crippen molar-refractivity contribution < 1.29 is 9.84 Å². The summed E-state index contributed by atoms with van der Waals surface area (Å²) in [6.07, 6.45) is -0.216. The maximum Gasteiger partial charge on any atom is 0.217 e. The van der Waals surface area contributed by atoms with E-state index >= 15 is 0 Å². The van der Waals surface area contributed by atoms with Crippen molar-refractivity contribution in [2.75, 3.05) is 6.61 Å². The Balaban J connectivity index is 1.87. The lowest BCUT2D eigenvalue weighted by atomic mass is 10.0. The van der Waals surface area contributed by atoms with Gasteiger partial charge in [0.25, 0.3) is 0 Å². The fourth-order valence-electron chi connectivity index (χ4n) is 2.25. The van der Waals surface area contributed by atoms with Crippen LogP contribution in [0.2, 0.25) is 0 Å². The summed E-state index contributed by atoms with van der Waals surface area (Å²) < 4.78 is 7.14. The second kappa shape index (κ2) is 5.93. The average molecular weight is 379 g/mol. The van der Waals surface area contributed by atoms with E-state index < -0.39 is 0 Å². The first-order valence-corrected chi connectivity index (χ1v) is 7.52. The van der Waals surface area contributed by atoms with Crippen LogP contribution in [0.25, 0.3) is 0 Å². The number of benzene rings is 2. The highest BCUT2D eigenvalue weighted by Gasteiger charge is 2.32. The molecule has 20 heavy (non-hydrogen) atoms. The lowest BCUT2D eigenvalue weighted by Crippen LogP contribution is -2.17. The molecule has 0 saturated carbocycles. The standard InChI is InChI=1S/C16H14INO2/c17-13-8-6-11(7-9-13)15-14(10-19)18-16(20-15)12-4-2-1-3-5-12/h1-9,14-15,19H,10H2/t14-,15-/m1/s1. The predicted molar refractivity (Wildman–Crippen MR) is 86.8 cm³/mol. The van der Waals surface area contributed by atoms with Crippen molar-refractivity contribution in [1.82, 2.24) is 0 Å². The van der Waals surface area contributed by atoms with Crippen LogP contribution in [-0.4, -0.2) is 23.7 Å². The third kappa shape index (κ3) is 2.71. The van der Waals surface area contributed by atoms with Crippen molar-refractivity contribution in [2.24, 2.45) is 4.99 Å². The molecule has 102 valence electrons. The van der Waals surface area contributed by atoms with E-state index in [1.165, 1.54) is 3.57 Å². The van der Waals surface area contributed by atoms with Crippen molar-refractivity contribution in [3.8, 4) is 0 Å². The van der Waals surface area contributed by atoms with E-state index in [1.807, 2.05) is 54.6 Å². The third-order valence-electron chi connectivity index (χ3n) is 3.28. The quantitative estimate of drug-likeness (QED) is 0.833. The molecule has 2 aromatic carbocycles. The first kappa shape index (κ1) is 13.6. The molecule has 0 saturated heterocycles. The van der Waals surface area contributed by atoms with Gasteiger partial charge in [-0.1, -0.05) is 30.3 Å². The van der Waals surface area contributed by atoms with Gasteiger partial charge in [-0.15, -0.1) is 0 Å². The van der Waals surface area contributed by atoms with Crippen molar-refractivity contribution in [3.63, 3.8) is 0 Å². The average Bonchev–Trinajstić information content (AvgIpc) is 2.93. The van der Waals surface area contributed by atoms with E-state index in [4.69, 9.17) is 4.74 Å². The maximum atomic E-state index is 9.53. The van der Waals surface area contributed by atoms with E-state index in [0.29, 0.717) is 5.90 Å². The third-order valence-corrected chi connectivity index (χ3v) is 4.00. The van der Waals surface area contributed by atoms with E-state index in [0.717, 1.165) is 11.1 Å². The SMILES string of the molecule is OC[C@H]1N=C(c2ccccc2)O[C@@H]1c1ccc(I)cc1. The van der Waals surface area contributed by atoms with Gasteiger partial charge in [0.15, 0.2) is 6.10 Å². The van der Waals surface area contributed by atoms with Gasteiger partial charge < -0.3 is 9.84 Å². The van der Waals surface area contributed by atoms with Gasteiger partial charge in [0.05, 0.1) is 6.61 Å². The highest BCUT2D eigenvalue weighted by Crippen LogP contribution is 2.31. The smallest absolute Gasteiger partial charge is 0.217 e. The highest BCUT2D eigenvalue weighted by atomic mass is 127. The van der Waals surface area contributed by atoms with Crippen LogP contribution in [0, 0.1) is 3.57 Å². The first-order valence-electron chi connectivity index (χ1n) is 6.44. The minimum atomic E-state index is -0.245. The monoisotopic (exact) mass is 379 g/mol. The maximum absolute atomic E-state index is 9.53. The number of halogens is 1. The Hall–Kier alpha value is -1.40. The zero-order valence-corrected chi connectivity index (χ0v) is 12.9. The molecule has 1 N–H and O–H groups in total. The molecule has 0 amide bonds. The highest BCUT2D eigenvalue weighted by molar-refractivity contribution is 14.1. The topological polar surface area (TPSA) is 41.8 Å². The summed E-state index contributed by atoms with van der Waals surface area (Å²) in [7, 11) is 0. The number of hydrogen-bond donors (Lipinski definition) is 1. The summed E-state index contributed by atoms with van der Waals surface area (Å²) in [4.78, 5) is 4.50. The molecule has 3 rings (SSSR count). The molecule has 2 aromatic rings. The zero-order valence-electron chi connectivity index (χ0n) is 10.7. The molecule has 0 spiro atoms. The number of hydrogen-bond acceptors (Lipinski definition) is 3. The Morgan fingerprint density at radius 1 is 1.05 bits per heavy atom. The molecule has 0 aromatic heterocycles. The zero-order chi connectivity index (χ0) is 13.9. The van der Waals surface area contributed by atoms with Crippen LogP contribution in [0.3, 0.4) is 0 Å². The van der Waals surface area contributed by atoms with E-state index in [2.05, 4.69) is 27.6 Å². The molecule has 1 aliphatic heterocycles. The van der Waals surface area contributed by atoms with Gasteiger partial charge in [0.1, 0.15) is 6.04 Å². The van der Waals surface area contributed by atoms with Crippen LogP contribution in [-0.2, 0) is 4.74 Å². The molecular weight excluding hydrogens is 365 g/mol. The van der Waals surface area contributed by atoms with Gasteiger partial charge in [-0.2, -0.15) is 0 Å². The molecule has 0 bridgehead atoms. The van der Waals surface area contributed by atoms with Crippen LogP contribution >= 0.6 is 22.6 Å². The van der Waals surface area contributed by atoms with Gasteiger partial charge in [0, 0.05) is 9.13 Å². The number of aliphatic imine (C=N–C) groups is 1. The molecule has 0 radical (unpaired) electrons. The number of aliphatic hydroxyl groups excluding tert-OH is 1. The molecule has 0 unspecified atom stereocenters. The molecular formula is C16H14INO2. The van der Waals surface area contributed by atoms with Crippen LogP contribution in [0.15, 0.2) is 59.6 Å². The van der Waals surface area contributed by atoms with Crippen LogP contribution in [0.4, 0.5) is 0 Å². The largest absolute Gasteiger partial charge is 0.467 e. The normalized spacial score (nSPS) is 21.4. The Morgan fingerprint density at radius 3 is 2.40 bits per heavy atom. The fourth-order valence-corrected chi connectivity index (χ4v) is 2.61. The predicted octanol–water partition coefficient (Wildman–Crippen LogP) is 3.17. The summed E-state index contributed by atoms with van der Waals surface area (Å²) in [6, 6.07) is 17.7. The van der Waals surface area contributed by atoms with Crippen molar-refractivity contribution in [2.45, 2.75) is 12.1 Å². The van der Waals surface area contributed by atoms with E-state index in [9.17, 15) is 5.11 Å². The van der Waals surface area contributed by atoms with E-state index in [-0.39, 0.29) is 18.8 Å². The summed E-state index contributed by atoms with van der Waals surface area (Å²) in [5.74, 6) is 0.605. The van der Waals surface area contributed by atoms with Gasteiger partial charge in [-0.3, -0.25) is 0 Å². The Kier molecular flexibility index (Phi) is 4.03. The Morgan fingerprint density at radius 2 is 1.75 bits per heavy atom. The van der Waals surface area contributed by atoms with Crippen molar-refractivity contribution in [3.05, 3.63) is 69.3 Å². The molecule has 1 aliphatic rings. The minimum absolute atomic E-state index is 0.0208. The molecule has 1 heterocycles. The summed E-state index contributed by atoms with van der Waals surface area (Å²) in [5.41, 5.74) is 1.98. The number of nitrogens with zero attached hydrogens (tertiary/aromatic N) is 1. The number of aliphatic hydroxyl groups is 1. The fraction of sp³-hybridized carbons (Fsp3) is 0.188. The van der Waals surface area contributed by atoms with Crippen LogP contribution in [0.1, 0.15) is 17.2 Å².